The van der Waals surface area contributed by atoms with Crippen LogP contribution in [0.2, 0.25) is 0 Å². The van der Waals surface area contributed by atoms with Gasteiger partial charge in [0, 0.05) is 36.6 Å². The van der Waals surface area contributed by atoms with Crippen LogP contribution in [0.4, 0.5) is 51.2 Å². The Balaban J connectivity index is 1.18. The molecule has 4 nitrogen and oxygen atoms in total. The number of hydrogen-bond acceptors (Lipinski definition) is 4. The zero-order valence-corrected chi connectivity index (χ0v) is 39.2. The van der Waals surface area contributed by atoms with Crippen molar-refractivity contribution in [3.05, 3.63) is 236 Å². The minimum atomic E-state index is -0.244. The molecule has 1 N–H and O–H groups in total. The van der Waals surface area contributed by atoms with Crippen molar-refractivity contribution in [2.24, 2.45) is 0 Å². The van der Waals surface area contributed by atoms with Gasteiger partial charge >= 0.3 is 0 Å². The van der Waals surface area contributed by atoms with Gasteiger partial charge in [-0.1, -0.05) is 159 Å². The van der Waals surface area contributed by atoms with Crippen molar-refractivity contribution >= 4 is 83.5 Å². The first kappa shape index (κ1) is 40.7. The van der Waals surface area contributed by atoms with Gasteiger partial charge in [-0.15, -0.1) is 0 Å². The number of anilines is 9. The summed E-state index contributed by atoms with van der Waals surface area (Å²) in [6, 6.07) is 83.1. The molecule has 0 radical (unpaired) electrons. The zero-order chi connectivity index (χ0) is 46.4. The fourth-order valence-corrected chi connectivity index (χ4v) is 11.8. The largest absolute Gasteiger partial charge is 0.386 e. The average molecular weight is 887 g/mol. The normalized spacial score (nSPS) is 13.3. The van der Waals surface area contributed by atoms with Crippen LogP contribution in [-0.4, -0.2) is 14.1 Å². The highest BCUT2D eigenvalue weighted by molar-refractivity contribution is 6.24. The molecular formula is C65H50N4. The van der Waals surface area contributed by atoms with Gasteiger partial charge in [-0.05, 0) is 156 Å². The van der Waals surface area contributed by atoms with E-state index in [9.17, 15) is 0 Å². The minimum absolute atomic E-state index is 0.244. The molecular weight excluding hydrogens is 837 g/mol. The van der Waals surface area contributed by atoms with E-state index < -0.39 is 0 Å². The summed E-state index contributed by atoms with van der Waals surface area (Å²) in [6.45, 7) is 4.82. The van der Waals surface area contributed by atoms with E-state index >= 15 is 0 Å². The Morgan fingerprint density at radius 2 is 1.04 bits per heavy atom. The molecule has 330 valence electrons. The van der Waals surface area contributed by atoms with E-state index in [1.807, 2.05) is 7.05 Å². The molecule has 69 heavy (non-hydrogen) atoms. The van der Waals surface area contributed by atoms with Crippen LogP contribution in [0.1, 0.15) is 25.0 Å². The molecule has 0 atom stereocenters. The first-order valence-corrected chi connectivity index (χ1v) is 24.0. The Bertz CT molecular complexity index is 3800. The van der Waals surface area contributed by atoms with Gasteiger partial charge in [-0.2, -0.15) is 0 Å². The van der Waals surface area contributed by atoms with Crippen molar-refractivity contribution in [1.82, 2.24) is 0 Å². The van der Waals surface area contributed by atoms with Crippen LogP contribution in [0.25, 0.3) is 65.7 Å². The lowest BCUT2D eigenvalue weighted by Gasteiger charge is -2.38. The second-order valence-corrected chi connectivity index (χ2v) is 19.0. The van der Waals surface area contributed by atoms with Crippen molar-refractivity contribution in [2.75, 3.05) is 34.1 Å². The van der Waals surface area contributed by atoms with E-state index in [-0.39, 0.29) is 5.41 Å². The summed E-state index contributed by atoms with van der Waals surface area (Å²) in [4.78, 5) is 7.17. The molecule has 0 spiro atoms. The molecule has 4 heteroatoms. The monoisotopic (exact) mass is 886 g/mol. The highest BCUT2D eigenvalue weighted by Crippen LogP contribution is 2.57. The molecule has 1 aliphatic heterocycles. The molecule has 11 aromatic carbocycles. The van der Waals surface area contributed by atoms with Crippen molar-refractivity contribution in [3.63, 3.8) is 0 Å². The molecule has 0 unspecified atom stereocenters. The molecule has 2 aliphatic rings. The zero-order valence-electron chi connectivity index (χ0n) is 39.2. The molecule has 0 saturated heterocycles. The maximum Gasteiger partial charge on any atom is 0.0699 e. The van der Waals surface area contributed by atoms with E-state index in [4.69, 9.17) is 0 Å². The third kappa shape index (κ3) is 6.22. The van der Waals surface area contributed by atoms with Gasteiger partial charge < -0.3 is 20.0 Å². The molecule has 13 rings (SSSR count). The van der Waals surface area contributed by atoms with Crippen LogP contribution in [0.5, 0.6) is 0 Å². The van der Waals surface area contributed by atoms with E-state index in [1.54, 1.807) is 0 Å². The van der Waals surface area contributed by atoms with Crippen LogP contribution >= 0.6 is 0 Å². The Morgan fingerprint density at radius 3 is 1.83 bits per heavy atom. The highest BCUT2D eigenvalue weighted by Gasteiger charge is 2.38. The van der Waals surface area contributed by atoms with E-state index in [2.05, 4.69) is 265 Å². The molecule has 0 amide bonds. The summed E-state index contributed by atoms with van der Waals surface area (Å²) < 4.78 is 0. The summed E-state index contributed by atoms with van der Waals surface area (Å²) in [5.74, 6) is 0. The van der Waals surface area contributed by atoms with Gasteiger partial charge in [0.15, 0.2) is 0 Å². The van der Waals surface area contributed by atoms with Crippen LogP contribution in [0, 0.1) is 0 Å². The van der Waals surface area contributed by atoms with Gasteiger partial charge in [0.2, 0.25) is 0 Å². The Kier molecular flexibility index (Phi) is 9.28. The van der Waals surface area contributed by atoms with Crippen LogP contribution in [0.15, 0.2) is 224 Å². The number of fused-ring (bicyclic) bond motifs is 8. The Labute approximate surface area is 404 Å². The molecule has 0 aromatic heterocycles. The summed E-state index contributed by atoms with van der Waals surface area (Å²) in [5.41, 5.74) is 20.1. The first-order valence-electron chi connectivity index (χ1n) is 24.0. The molecule has 0 saturated carbocycles. The third-order valence-electron chi connectivity index (χ3n) is 14.9. The smallest absolute Gasteiger partial charge is 0.0699 e. The standard InChI is InChI=1S/C65H50N4/c1-65(2)55-26-11-10-23-48(55)51-24-18-25-52(64(51)65)63-50-38-35-46(68(45-21-6-5-7-22-45)57-28-13-12-27-56(57)66-3)40-53(50)62(44-34-33-42-19-8-9-20-43(42)39-44)49-37-36-47(41-54(49)63)69-60-31-16-14-29-58(60)67(4)59-30-15-17-32-61(59)69/h5-41,66H,1-4H3. The van der Waals surface area contributed by atoms with Crippen LogP contribution in [-0.2, 0) is 5.41 Å². The van der Waals surface area contributed by atoms with Gasteiger partial charge in [0.1, 0.15) is 0 Å². The number of para-hydroxylation sites is 7. The number of nitrogens with zero attached hydrogens (tertiary/aromatic N) is 3. The lowest BCUT2D eigenvalue weighted by molar-refractivity contribution is 0.662. The molecule has 0 fully saturated rings. The maximum atomic E-state index is 3.50. The SMILES string of the molecule is CNc1ccccc1N(c1ccccc1)c1ccc2c(-c3cccc4c3C(C)(C)c3ccccc3-4)c3cc(N4c5ccccc5N(C)c5ccccc54)ccc3c(-c3ccc4ccccc4c3)c2c1. The van der Waals surface area contributed by atoms with E-state index in [1.165, 1.54) is 88.2 Å². The number of rotatable bonds is 7. The topological polar surface area (TPSA) is 21.8 Å². The second-order valence-electron chi connectivity index (χ2n) is 19.0. The van der Waals surface area contributed by atoms with Gasteiger partial charge in [-0.3, -0.25) is 0 Å². The summed E-state index contributed by atoms with van der Waals surface area (Å²) in [6.07, 6.45) is 0. The molecule has 11 aromatic rings. The Morgan fingerprint density at radius 1 is 0.435 bits per heavy atom. The average Bonchev–Trinajstić information content (AvgIpc) is 3.64. The van der Waals surface area contributed by atoms with Gasteiger partial charge in [0.05, 0.1) is 34.1 Å². The van der Waals surface area contributed by atoms with Crippen LogP contribution in [0.3, 0.4) is 0 Å². The predicted octanol–water partition coefficient (Wildman–Crippen LogP) is 17.8. The number of hydrogen-bond donors (Lipinski definition) is 1. The van der Waals surface area contributed by atoms with Gasteiger partial charge in [0.25, 0.3) is 0 Å². The van der Waals surface area contributed by atoms with Crippen molar-refractivity contribution in [1.29, 1.82) is 0 Å². The summed E-state index contributed by atoms with van der Waals surface area (Å²) >= 11 is 0. The van der Waals surface area contributed by atoms with Crippen molar-refractivity contribution in [3.8, 4) is 33.4 Å². The van der Waals surface area contributed by atoms with Crippen LogP contribution < -0.4 is 20.0 Å². The molecule has 0 bridgehead atoms. The maximum absolute atomic E-state index is 3.50. The highest BCUT2D eigenvalue weighted by atomic mass is 15.3. The number of benzene rings is 11. The predicted molar refractivity (Wildman–Crippen MR) is 294 cm³/mol. The summed E-state index contributed by atoms with van der Waals surface area (Å²) in [5, 5.41) is 10.8. The number of nitrogens with one attached hydrogen (secondary N) is 1. The van der Waals surface area contributed by atoms with Crippen molar-refractivity contribution in [2.45, 2.75) is 19.3 Å². The fraction of sp³-hybridized carbons (Fsp3) is 0.0769. The summed E-state index contributed by atoms with van der Waals surface area (Å²) in [7, 11) is 4.18. The fourth-order valence-electron chi connectivity index (χ4n) is 11.8. The van der Waals surface area contributed by atoms with Gasteiger partial charge in [-0.25, -0.2) is 0 Å². The first-order chi connectivity index (χ1) is 33.9. The third-order valence-corrected chi connectivity index (χ3v) is 14.9. The lowest BCUT2D eigenvalue weighted by Crippen LogP contribution is -2.23. The van der Waals surface area contributed by atoms with Crippen molar-refractivity contribution < 1.29 is 0 Å². The molecule has 1 aliphatic carbocycles. The lowest BCUT2D eigenvalue weighted by atomic mass is 9.76. The minimum Gasteiger partial charge on any atom is -0.386 e. The molecule has 1 heterocycles. The second kappa shape index (κ2) is 15.8. The Hall–Kier alpha value is -8.60. The quantitative estimate of drug-likeness (QED) is 0.161. The van der Waals surface area contributed by atoms with E-state index in [0.29, 0.717) is 0 Å². The van der Waals surface area contributed by atoms with E-state index in [0.717, 1.165) is 39.8 Å².